The molecule has 4 heterocycles. The van der Waals surface area contributed by atoms with Crippen LogP contribution in [0.15, 0.2) is 18.2 Å². The Morgan fingerprint density at radius 1 is 1.17 bits per heavy atom. The third kappa shape index (κ3) is 2.16. The topological polar surface area (TPSA) is 25.5 Å². The van der Waals surface area contributed by atoms with E-state index in [2.05, 4.69) is 38.9 Å². The molecule has 3 aliphatic heterocycles. The monoisotopic (exact) mass is 330 g/mol. The fourth-order valence-electron chi connectivity index (χ4n) is 4.82. The molecule has 1 aromatic heterocycles. The molecule has 0 saturated carbocycles. The van der Waals surface area contributed by atoms with E-state index in [9.17, 15) is 0 Å². The normalized spacial score (nSPS) is 29.3. The Balaban J connectivity index is 1.56. The maximum Gasteiger partial charge on any atom is 0.0759 e. The number of halogens is 1. The lowest BCUT2D eigenvalue weighted by Gasteiger charge is -2.53. The molecule has 1 aromatic carbocycles. The highest BCUT2D eigenvalue weighted by Crippen LogP contribution is 2.41. The molecule has 0 aliphatic carbocycles. The first-order valence-electron chi connectivity index (χ1n) is 8.69. The van der Waals surface area contributed by atoms with Gasteiger partial charge in [-0.3, -0.25) is 9.80 Å². The number of hydrogen-bond acceptors (Lipinski definition) is 3. The molecule has 2 atom stereocenters. The van der Waals surface area contributed by atoms with E-state index in [0.29, 0.717) is 12.2 Å². The van der Waals surface area contributed by atoms with Gasteiger partial charge in [-0.25, -0.2) is 0 Å². The Bertz CT molecular complexity index is 755. The molecule has 0 unspecified atom stereocenters. The summed E-state index contributed by atoms with van der Waals surface area (Å²) in [5.41, 5.74) is 4.19. The van der Waals surface area contributed by atoms with Crippen molar-refractivity contribution in [3.05, 3.63) is 34.5 Å². The number of H-pyrrole nitrogens is 1. The van der Waals surface area contributed by atoms with Crippen molar-refractivity contribution in [1.82, 2.24) is 19.7 Å². The van der Waals surface area contributed by atoms with Crippen molar-refractivity contribution in [2.45, 2.75) is 25.0 Å². The first kappa shape index (κ1) is 14.3. The van der Waals surface area contributed by atoms with Crippen molar-refractivity contribution in [2.75, 3.05) is 39.8 Å². The van der Waals surface area contributed by atoms with Gasteiger partial charge in [-0.2, -0.15) is 0 Å². The molecule has 4 nitrogen and oxygen atoms in total. The van der Waals surface area contributed by atoms with Gasteiger partial charge in [0.25, 0.3) is 0 Å². The Morgan fingerprint density at radius 2 is 2.09 bits per heavy atom. The smallest absolute Gasteiger partial charge is 0.0759 e. The van der Waals surface area contributed by atoms with E-state index in [0.717, 1.165) is 24.5 Å². The fourth-order valence-corrected chi connectivity index (χ4v) is 4.99. The van der Waals surface area contributed by atoms with Crippen LogP contribution in [-0.4, -0.2) is 65.6 Å². The summed E-state index contributed by atoms with van der Waals surface area (Å²) in [5.74, 6) is 0. The average Bonchev–Trinajstić information content (AvgIpc) is 2.92. The van der Waals surface area contributed by atoms with E-state index in [1.807, 2.05) is 6.07 Å². The summed E-state index contributed by atoms with van der Waals surface area (Å²) in [6, 6.07) is 6.79. The highest BCUT2D eigenvalue weighted by atomic mass is 35.5. The summed E-state index contributed by atoms with van der Waals surface area (Å²) < 4.78 is 0. The number of piperazine rings is 1. The molecule has 0 bridgehead atoms. The molecule has 0 amide bonds. The summed E-state index contributed by atoms with van der Waals surface area (Å²) in [7, 11) is 2.25. The van der Waals surface area contributed by atoms with E-state index in [4.69, 9.17) is 11.6 Å². The Kier molecular flexibility index (Phi) is 3.24. The van der Waals surface area contributed by atoms with Gasteiger partial charge < -0.3 is 9.88 Å². The third-order valence-electron chi connectivity index (χ3n) is 5.99. The van der Waals surface area contributed by atoms with Crippen molar-refractivity contribution in [3.63, 3.8) is 0 Å². The highest BCUT2D eigenvalue weighted by molar-refractivity contribution is 6.31. The zero-order valence-electron chi connectivity index (χ0n) is 13.6. The van der Waals surface area contributed by atoms with Gasteiger partial charge in [-0.1, -0.05) is 11.6 Å². The minimum absolute atomic E-state index is 0.540. The Hall–Kier alpha value is -1.07. The second kappa shape index (κ2) is 5.21. The van der Waals surface area contributed by atoms with Crippen LogP contribution in [0.1, 0.15) is 23.7 Å². The van der Waals surface area contributed by atoms with Crippen LogP contribution in [0.4, 0.5) is 0 Å². The van der Waals surface area contributed by atoms with Crippen LogP contribution < -0.4 is 0 Å². The van der Waals surface area contributed by atoms with E-state index in [1.54, 1.807) is 0 Å². The van der Waals surface area contributed by atoms with E-state index < -0.39 is 0 Å². The maximum absolute atomic E-state index is 6.23. The number of aromatic amines is 1. The molecule has 23 heavy (non-hydrogen) atoms. The van der Waals surface area contributed by atoms with Crippen LogP contribution in [0.3, 0.4) is 0 Å². The number of likely N-dealkylation sites (N-methyl/N-ethyl adjacent to an activating group) is 1. The summed E-state index contributed by atoms with van der Waals surface area (Å²) in [6.07, 6.45) is 2.93. The summed E-state index contributed by atoms with van der Waals surface area (Å²) >= 11 is 6.23. The van der Waals surface area contributed by atoms with Crippen molar-refractivity contribution in [3.8, 4) is 0 Å². The Labute approximate surface area is 142 Å². The summed E-state index contributed by atoms with van der Waals surface area (Å²) in [6.45, 7) is 5.95. The second-order valence-electron chi connectivity index (χ2n) is 7.28. The number of aromatic nitrogens is 1. The summed E-state index contributed by atoms with van der Waals surface area (Å²) in [5, 5.41) is 2.17. The number of hydrogen-bond donors (Lipinski definition) is 1. The highest BCUT2D eigenvalue weighted by Gasteiger charge is 2.42. The molecular formula is C18H23ClN4. The van der Waals surface area contributed by atoms with Gasteiger partial charge in [0.05, 0.1) is 12.2 Å². The van der Waals surface area contributed by atoms with Gasteiger partial charge in [-0.05, 0) is 43.7 Å². The van der Waals surface area contributed by atoms with Gasteiger partial charge in [-0.15, -0.1) is 0 Å². The molecule has 3 aliphatic rings. The van der Waals surface area contributed by atoms with Crippen LogP contribution >= 0.6 is 11.6 Å². The molecule has 5 heteroatoms. The first-order chi connectivity index (χ1) is 11.2. The van der Waals surface area contributed by atoms with Crippen molar-refractivity contribution in [1.29, 1.82) is 0 Å². The van der Waals surface area contributed by atoms with Crippen LogP contribution in [0.2, 0.25) is 5.02 Å². The fraction of sp³-hybridized carbons (Fsp3) is 0.556. The minimum atomic E-state index is 0.540. The lowest BCUT2D eigenvalue weighted by Crippen LogP contribution is -2.64. The van der Waals surface area contributed by atoms with Crippen molar-refractivity contribution >= 4 is 22.5 Å². The number of nitrogens with zero attached hydrogens (tertiary/aromatic N) is 3. The van der Waals surface area contributed by atoms with Crippen LogP contribution in [0.5, 0.6) is 0 Å². The predicted octanol–water partition coefficient (Wildman–Crippen LogP) is 2.70. The molecule has 2 aromatic rings. The first-order valence-corrected chi connectivity index (χ1v) is 9.07. The number of benzene rings is 1. The minimum Gasteiger partial charge on any atom is -0.357 e. The zero-order valence-corrected chi connectivity index (χ0v) is 14.3. The molecule has 5 rings (SSSR count). The number of fused-ring (bicyclic) bond motifs is 7. The van der Waals surface area contributed by atoms with Gasteiger partial charge in [0.1, 0.15) is 0 Å². The van der Waals surface area contributed by atoms with Gasteiger partial charge >= 0.3 is 0 Å². The van der Waals surface area contributed by atoms with E-state index in [-0.39, 0.29) is 0 Å². The lowest BCUT2D eigenvalue weighted by molar-refractivity contribution is -0.0772. The molecule has 0 radical (unpaired) electrons. The lowest BCUT2D eigenvalue weighted by atomic mass is 9.92. The van der Waals surface area contributed by atoms with Gasteiger partial charge in [0.15, 0.2) is 0 Å². The molecular weight excluding hydrogens is 308 g/mol. The van der Waals surface area contributed by atoms with Crippen molar-refractivity contribution in [2.24, 2.45) is 0 Å². The van der Waals surface area contributed by atoms with E-state index in [1.165, 1.54) is 48.2 Å². The van der Waals surface area contributed by atoms with Crippen LogP contribution in [-0.2, 0) is 6.42 Å². The molecule has 2 saturated heterocycles. The number of nitrogens with one attached hydrogen (secondary N) is 1. The van der Waals surface area contributed by atoms with Gasteiger partial charge in [0, 0.05) is 54.3 Å². The maximum atomic E-state index is 6.23. The van der Waals surface area contributed by atoms with E-state index >= 15 is 0 Å². The average molecular weight is 331 g/mol. The number of rotatable bonds is 0. The molecule has 0 spiro atoms. The standard InChI is InChI=1S/C18H23ClN4/c1-21-8-9-22-6-5-16-18-13(4-7-23(16)17(22)11-21)14-10-12(19)2-3-15(14)20-18/h2-3,10,16-17,20H,4-9,11H2,1H3/t16-,17-/m0/s1. The Morgan fingerprint density at radius 3 is 3.00 bits per heavy atom. The van der Waals surface area contributed by atoms with Crippen LogP contribution in [0.25, 0.3) is 10.9 Å². The molecule has 1 N–H and O–H groups in total. The predicted molar refractivity (Wildman–Crippen MR) is 93.9 cm³/mol. The molecule has 2 fully saturated rings. The largest absolute Gasteiger partial charge is 0.357 e. The summed E-state index contributed by atoms with van der Waals surface area (Å²) in [4.78, 5) is 11.6. The third-order valence-corrected chi connectivity index (χ3v) is 6.23. The van der Waals surface area contributed by atoms with Crippen LogP contribution in [0, 0.1) is 0 Å². The SMILES string of the molecule is CN1CCN2CC[C@H]3c4[nH]c5ccc(Cl)cc5c4CCN3[C@H]2C1. The second-order valence-corrected chi connectivity index (χ2v) is 7.71. The quantitative estimate of drug-likeness (QED) is 0.804. The zero-order chi connectivity index (χ0) is 15.6. The van der Waals surface area contributed by atoms with Crippen molar-refractivity contribution < 1.29 is 0 Å². The van der Waals surface area contributed by atoms with Gasteiger partial charge in [0.2, 0.25) is 0 Å². The molecule has 122 valence electrons.